The van der Waals surface area contributed by atoms with Gasteiger partial charge in [0.15, 0.2) is 0 Å². The minimum absolute atomic E-state index is 0.00604. The lowest BCUT2D eigenvalue weighted by molar-refractivity contribution is -0.123. The molecule has 0 aliphatic carbocycles. The van der Waals surface area contributed by atoms with Crippen LogP contribution in [0.5, 0.6) is 11.5 Å². The van der Waals surface area contributed by atoms with Crippen LogP contribution in [0.3, 0.4) is 0 Å². The van der Waals surface area contributed by atoms with E-state index in [4.69, 9.17) is 9.47 Å². The first kappa shape index (κ1) is 17.6. The van der Waals surface area contributed by atoms with E-state index in [1.165, 1.54) is 0 Å². The van der Waals surface area contributed by atoms with Crippen molar-refractivity contribution in [2.45, 2.75) is 51.2 Å². The highest BCUT2D eigenvalue weighted by atomic mass is 16.5. The van der Waals surface area contributed by atoms with Gasteiger partial charge in [0.1, 0.15) is 17.5 Å². The highest BCUT2D eigenvalue weighted by molar-refractivity contribution is 5.82. The van der Waals surface area contributed by atoms with Crippen LogP contribution in [-0.4, -0.2) is 32.2 Å². The van der Waals surface area contributed by atoms with Gasteiger partial charge in [-0.15, -0.1) is 0 Å². The number of ether oxygens (including phenoxy) is 2. The molecule has 0 bridgehead atoms. The van der Waals surface area contributed by atoms with Gasteiger partial charge in [-0.3, -0.25) is 10.2 Å². The lowest BCUT2D eigenvalue weighted by atomic mass is 10.0. The Kier molecular flexibility index (Phi) is 6.24. The van der Waals surface area contributed by atoms with Crippen molar-refractivity contribution in [1.82, 2.24) is 16.2 Å². The third-order valence-electron chi connectivity index (χ3n) is 4.20. The van der Waals surface area contributed by atoms with E-state index >= 15 is 0 Å². The quantitative estimate of drug-likeness (QED) is 0.716. The predicted octanol–water partition coefficient (Wildman–Crippen LogP) is 1.92. The van der Waals surface area contributed by atoms with E-state index in [1.807, 2.05) is 25.1 Å². The monoisotopic (exact) mass is 321 g/mol. The second kappa shape index (κ2) is 8.17. The predicted molar refractivity (Wildman–Crippen MR) is 89.5 cm³/mol. The molecule has 1 aromatic carbocycles. The third-order valence-corrected chi connectivity index (χ3v) is 4.20. The van der Waals surface area contributed by atoms with Crippen LogP contribution in [0.2, 0.25) is 0 Å². The first-order chi connectivity index (χ1) is 11.1. The SMILES string of the molecule is CCCC1CC(C(=O)NC(C)c2cc(OC)ccc2OC)NN1. The number of hydrazine groups is 1. The maximum Gasteiger partial charge on any atom is 0.239 e. The maximum atomic E-state index is 12.4. The Morgan fingerprint density at radius 2 is 2.13 bits per heavy atom. The van der Waals surface area contributed by atoms with Gasteiger partial charge in [0.05, 0.1) is 20.3 Å². The van der Waals surface area contributed by atoms with Crippen LogP contribution >= 0.6 is 0 Å². The molecule has 0 saturated carbocycles. The summed E-state index contributed by atoms with van der Waals surface area (Å²) in [7, 11) is 3.24. The molecule has 1 heterocycles. The van der Waals surface area contributed by atoms with Gasteiger partial charge in [-0.25, -0.2) is 5.43 Å². The van der Waals surface area contributed by atoms with Crippen molar-refractivity contribution < 1.29 is 14.3 Å². The Morgan fingerprint density at radius 1 is 1.35 bits per heavy atom. The number of hydrogen-bond donors (Lipinski definition) is 3. The van der Waals surface area contributed by atoms with Gasteiger partial charge in [0.25, 0.3) is 0 Å². The molecule has 6 heteroatoms. The number of methoxy groups -OCH3 is 2. The number of hydrogen-bond acceptors (Lipinski definition) is 5. The molecule has 1 aliphatic rings. The molecule has 23 heavy (non-hydrogen) atoms. The Morgan fingerprint density at radius 3 is 2.78 bits per heavy atom. The molecule has 1 saturated heterocycles. The fourth-order valence-electron chi connectivity index (χ4n) is 2.90. The number of benzene rings is 1. The van der Waals surface area contributed by atoms with E-state index in [0.29, 0.717) is 6.04 Å². The van der Waals surface area contributed by atoms with Crippen LogP contribution in [0, 0.1) is 0 Å². The minimum Gasteiger partial charge on any atom is -0.497 e. The van der Waals surface area contributed by atoms with E-state index < -0.39 is 0 Å². The van der Waals surface area contributed by atoms with Gasteiger partial charge in [0.2, 0.25) is 5.91 Å². The summed E-state index contributed by atoms with van der Waals surface area (Å²) in [5.74, 6) is 1.47. The maximum absolute atomic E-state index is 12.4. The molecule has 2 rings (SSSR count). The number of carbonyl (C=O) groups is 1. The Hall–Kier alpha value is -1.79. The average Bonchev–Trinajstić information content (AvgIpc) is 3.03. The van der Waals surface area contributed by atoms with Gasteiger partial charge in [-0.2, -0.15) is 0 Å². The molecule has 0 radical (unpaired) electrons. The highest BCUT2D eigenvalue weighted by Crippen LogP contribution is 2.29. The van der Waals surface area contributed by atoms with Crippen LogP contribution in [0.4, 0.5) is 0 Å². The zero-order valence-electron chi connectivity index (χ0n) is 14.3. The fraction of sp³-hybridized carbons (Fsp3) is 0.588. The summed E-state index contributed by atoms with van der Waals surface area (Å²) in [5.41, 5.74) is 7.17. The first-order valence-electron chi connectivity index (χ1n) is 8.12. The summed E-state index contributed by atoms with van der Waals surface area (Å²) in [6, 6.07) is 5.57. The standard InChI is InChI=1S/C17H27N3O3/c1-5-6-12-9-15(20-19-12)17(21)18-11(2)14-10-13(22-3)7-8-16(14)23-4/h7-8,10-12,15,19-20H,5-6,9H2,1-4H3,(H,18,21). The molecule has 1 aliphatic heterocycles. The van der Waals surface area contributed by atoms with Gasteiger partial charge < -0.3 is 14.8 Å². The van der Waals surface area contributed by atoms with Crippen LogP contribution in [0.25, 0.3) is 0 Å². The molecule has 3 unspecified atom stereocenters. The van der Waals surface area contributed by atoms with E-state index in [1.54, 1.807) is 14.2 Å². The van der Waals surface area contributed by atoms with E-state index in [0.717, 1.165) is 36.3 Å². The molecular formula is C17H27N3O3. The molecule has 3 N–H and O–H groups in total. The molecule has 3 atom stereocenters. The van der Waals surface area contributed by atoms with Gasteiger partial charge >= 0.3 is 0 Å². The van der Waals surface area contributed by atoms with Gasteiger partial charge in [0, 0.05) is 11.6 Å². The Bertz CT molecular complexity index is 536. The second-order valence-electron chi connectivity index (χ2n) is 5.90. The molecule has 1 aromatic rings. The zero-order chi connectivity index (χ0) is 16.8. The molecule has 0 aromatic heterocycles. The number of amides is 1. The summed E-state index contributed by atoms with van der Waals surface area (Å²) >= 11 is 0. The molecule has 0 spiro atoms. The molecule has 1 amide bonds. The Labute approximate surface area is 137 Å². The highest BCUT2D eigenvalue weighted by Gasteiger charge is 2.29. The summed E-state index contributed by atoms with van der Waals surface area (Å²) in [6.07, 6.45) is 2.97. The summed E-state index contributed by atoms with van der Waals surface area (Å²) in [6.45, 7) is 4.09. The third kappa shape index (κ3) is 4.36. The van der Waals surface area contributed by atoms with Crippen molar-refractivity contribution in [1.29, 1.82) is 0 Å². The van der Waals surface area contributed by atoms with Crippen LogP contribution in [-0.2, 0) is 4.79 Å². The number of rotatable bonds is 7. The van der Waals surface area contributed by atoms with Gasteiger partial charge in [-0.05, 0) is 38.0 Å². The van der Waals surface area contributed by atoms with Crippen molar-refractivity contribution >= 4 is 5.91 Å². The topological polar surface area (TPSA) is 71.6 Å². The smallest absolute Gasteiger partial charge is 0.239 e. The zero-order valence-corrected chi connectivity index (χ0v) is 14.3. The Balaban J connectivity index is 2.01. The lowest BCUT2D eigenvalue weighted by Gasteiger charge is -2.20. The summed E-state index contributed by atoms with van der Waals surface area (Å²) in [5, 5.41) is 3.05. The number of carbonyl (C=O) groups excluding carboxylic acids is 1. The van der Waals surface area contributed by atoms with Gasteiger partial charge in [-0.1, -0.05) is 13.3 Å². The fourth-order valence-corrected chi connectivity index (χ4v) is 2.90. The molecule has 6 nitrogen and oxygen atoms in total. The lowest BCUT2D eigenvalue weighted by Crippen LogP contribution is -2.44. The van der Waals surface area contributed by atoms with Crippen molar-refractivity contribution in [2.24, 2.45) is 0 Å². The summed E-state index contributed by atoms with van der Waals surface area (Å²) < 4.78 is 10.6. The van der Waals surface area contributed by atoms with Crippen LogP contribution in [0.15, 0.2) is 18.2 Å². The van der Waals surface area contributed by atoms with Crippen LogP contribution < -0.4 is 25.6 Å². The van der Waals surface area contributed by atoms with Crippen molar-refractivity contribution in [2.75, 3.05) is 14.2 Å². The molecular weight excluding hydrogens is 294 g/mol. The van der Waals surface area contributed by atoms with Crippen LogP contribution in [0.1, 0.15) is 44.7 Å². The largest absolute Gasteiger partial charge is 0.497 e. The molecule has 128 valence electrons. The van der Waals surface area contributed by atoms with Crippen molar-refractivity contribution in [3.05, 3.63) is 23.8 Å². The summed E-state index contributed by atoms with van der Waals surface area (Å²) in [4.78, 5) is 12.4. The van der Waals surface area contributed by atoms with E-state index in [9.17, 15) is 4.79 Å². The molecule has 1 fully saturated rings. The first-order valence-corrected chi connectivity index (χ1v) is 8.12. The second-order valence-corrected chi connectivity index (χ2v) is 5.90. The number of nitrogens with one attached hydrogen (secondary N) is 3. The normalized spacial score (nSPS) is 21.7. The van der Waals surface area contributed by atoms with Crippen molar-refractivity contribution in [3.8, 4) is 11.5 Å². The average molecular weight is 321 g/mol. The van der Waals surface area contributed by atoms with E-state index in [2.05, 4.69) is 23.1 Å². The van der Waals surface area contributed by atoms with E-state index in [-0.39, 0.29) is 18.0 Å². The van der Waals surface area contributed by atoms with Crippen molar-refractivity contribution in [3.63, 3.8) is 0 Å². The minimum atomic E-state index is -0.203.